The molecule has 2 rings (SSSR count). The van der Waals surface area contributed by atoms with Gasteiger partial charge in [0, 0.05) is 4.90 Å². The number of aromatic nitrogens is 2. The summed E-state index contributed by atoms with van der Waals surface area (Å²) in [6.45, 7) is 1.76. The van der Waals surface area contributed by atoms with Crippen LogP contribution in [0.4, 0.5) is 0 Å². The van der Waals surface area contributed by atoms with E-state index in [0.29, 0.717) is 0 Å². The molecule has 15 heavy (non-hydrogen) atoms. The van der Waals surface area contributed by atoms with Gasteiger partial charge in [-0.1, -0.05) is 35.2 Å². The number of rotatable bonds is 3. The molecular weight excluding hydrogens is 228 g/mol. The van der Waals surface area contributed by atoms with E-state index in [9.17, 15) is 5.11 Å². The fourth-order valence-corrected chi connectivity index (χ4v) is 2.57. The van der Waals surface area contributed by atoms with Crippen LogP contribution < -0.4 is 0 Å². The molecule has 3 nitrogen and oxygen atoms in total. The molecule has 5 heteroatoms. The fourth-order valence-electron chi connectivity index (χ4n) is 1.12. The highest BCUT2D eigenvalue weighted by atomic mass is 32.2. The third-order valence-electron chi connectivity index (χ3n) is 1.91. The van der Waals surface area contributed by atoms with Gasteiger partial charge in [-0.3, -0.25) is 0 Å². The maximum atomic E-state index is 9.34. The highest BCUT2D eigenvalue weighted by Crippen LogP contribution is 2.29. The van der Waals surface area contributed by atoms with Gasteiger partial charge >= 0.3 is 0 Å². The van der Waals surface area contributed by atoms with Crippen LogP contribution in [0.25, 0.3) is 0 Å². The predicted octanol–water partition coefficient (Wildman–Crippen LogP) is 2.74. The molecule has 0 fully saturated rings. The number of hydrogen-bond acceptors (Lipinski definition) is 5. The Kier molecular flexibility index (Phi) is 3.35. The second-order valence-electron chi connectivity index (χ2n) is 3.05. The van der Waals surface area contributed by atoms with Crippen molar-refractivity contribution in [2.75, 3.05) is 0 Å². The van der Waals surface area contributed by atoms with Crippen LogP contribution in [0.3, 0.4) is 0 Å². The van der Waals surface area contributed by atoms with Gasteiger partial charge in [0.1, 0.15) is 5.51 Å². The number of hydrogen-bond donors (Lipinski definition) is 1. The molecule has 0 aliphatic carbocycles. The van der Waals surface area contributed by atoms with Gasteiger partial charge in [0.05, 0.1) is 6.10 Å². The molecule has 0 aliphatic heterocycles. The molecule has 0 radical (unpaired) electrons. The largest absolute Gasteiger partial charge is 0.389 e. The van der Waals surface area contributed by atoms with Crippen molar-refractivity contribution in [2.45, 2.75) is 22.3 Å². The molecule has 1 heterocycles. The Morgan fingerprint density at radius 3 is 2.60 bits per heavy atom. The minimum atomic E-state index is -0.412. The van der Waals surface area contributed by atoms with E-state index < -0.39 is 6.10 Å². The van der Waals surface area contributed by atoms with Crippen molar-refractivity contribution < 1.29 is 5.11 Å². The molecule has 0 saturated heterocycles. The van der Waals surface area contributed by atoms with Crippen molar-refractivity contribution in [1.82, 2.24) is 10.2 Å². The van der Waals surface area contributed by atoms with E-state index in [0.717, 1.165) is 14.8 Å². The Balaban J connectivity index is 2.11. The molecule has 1 atom stereocenters. The smallest absolute Gasteiger partial charge is 0.178 e. The lowest BCUT2D eigenvalue weighted by molar-refractivity contribution is 0.199. The summed E-state index contributed by atoms with van der Waals surface area (Å²) < 4.78 is 0.930. The summed E-state index contributed by atoms with van der Waals surface area (Å²) in [7, 11) is 0. The zero-order chi connectivity index (χ0) is 10.7. The normalized spacial score (nSPS) is 12.7. The van der Waals surface area contributed by atoms with Gasteiger partial charge in [0.15, 0.2) is 4.34 Å². The van der Waals surface area contributed by atoms with Gasteiger partial charge in [0.25, 0.3) is 0 Å². The molecule has 0 spiro atoms. The second-order valence-corrected chi connectivity index (χ2v) is 5.21. The quantitative estimate of drug-likeness (QED) is 0.893. The van der Waals surface area contributed by atoms with Crippen LogP contribution in [0.1, 0.15) is 18.6 Å². The van der Waals surface area contributed by atoms with Crippen LogP contribution in [-0.4, -0.2) is 15.3 Å². The van der Waals surface area contributed by atoms with Gasteiger partial charge < -0.3 is 5.11 Å². The first-order valence-corrected chi connectivity index (χ1v) is 6.17. The molecular formula is C10H10N2OS2. The SMILES string of the molecule is CC(O)c1ccc(Sc2nncs2)cc1. The first-order chi connectivity index (χ1) is 7.25. The summed E-state index contributed by atoms with van der Waals surface area (Å²) in [5.41, 5.74) is 2.64. The molecule has 2 aromatic rings. The van der Waals surface area contributed by atoms with E-state index >= 15 is 0 Å². The zero-order valence-electron chi connectivity index (χ0n) is 8.12. The average Bonchev–Trinajstić information content (AvgIpc) is 2.71. The highest BCUT2D eigenvalue weighted by molar-refractivity contribution is 8.01. The molecule has 1 aromatic carbocycles. The second kappa shape index (κ2) is 4.74. The van der Waals surface area contributed by atoms with Gasteiger partial charge in [0.2, 0.25) is 0 Å². The molecule has 0 bridgehead atoms. The van der Waals surface area contributed by atoms with Crippen molar-refractivity contribution in [1.29, 1.82) is 0 Å². The molecule has 1 aromatic heterocycles. The Bertz CT molecular complexity index is 411. The zero-order valence-corrected chi connectivity index (χ0v) is 9.76. The summed E-state index contributed by atoms with van der Waals surface area (Å²) in [4.78, 5) is 1.11. The monoisotopic (exact) mass is 238 g/mol. The Labute approximate surface area is 96.2 Å². The summed E-state index contributed by atoms with van der Waals surface area (Å²) in [6.07, 6.45) is -0.412. The third-order valence-corrected chi connectivity index (χ3v) is 3.69. The van der Waals surface area contributed by atoms with Crippen molar-refractivity contribution in [3.8, 4) is 0 Å². The molecule has 0 saturated carbocycles. The Hall–Kier alpha value is -0.910. The number of aliphatic hydroxyl groups excluding tert-OH is 1. The summed E-state index contributed by atoms with van der Waals surface area (Å²) in [5, 5.41) is 17.1. The predicted molar refractivity (Wildman–Crippen MR) is 61.1 cm³/mol. The van der Waals surface area contributed by atoms with Gasteiger partial charge in [-0.2, -0.15) is 0 Å². The van der Waals surface area contributed by atoms with Gasteiger partial charge in [-0.25, -0.2) is 0 Å². The van der Waals surface area contributed by atoms with Crippen LogP contribution in [0.15, 0.2) is 39.0 Å². The van der Waals surface area contributed by atoms with E-state index in [1.54, 1.807) is 24.2 Å². The Morgan fingerprint density at radius 1 is 1.33 bits per heavy atom. The summed E-state index contributed by atoms with van der Waals surface area (Å²) in [5.74, 6) is 0. The van der Waals surface area contributed by atoms with Crippen molar-refractivity contribution in [3.05, 3.63) is 35.3 Å². The summed E-state index contributed by atoms with van der Waals surface area (Å²) >= 11 is 3.10. The lowest BCUT2D eigenvalue weighted by atomic mass is 10.1. The average molecular weight is 238 g/mol. The maximum absolute atomic E-state index is 9.34. The molecule has 1 unspecified atom stereocenters. The Morgan fingerprint density at radius 2 is 2.07 bits per heavy atom. The number of benzene rings is 1. The van der Waals surface area contributed by atoms with Crippen molar-refractivity contribution in [3.63, 3.8) is 0 Å². The van der Waals surface area contributed by atoms with Crippen LogP contribution in [0.5, 0.6) is 0 Å². The van der Waals surface area contributed by atoms with E-state index in [-0.39, 0.29) is 0 Å². The first-order valence-electron chi connectivity index (χ1n) is 4.48. The molecule has 0 aliphatic rings. The standard InChI is InChI=1S/C10H10N2OS2/c1-7(13)8-2-4-9(5-3-8)15-10-12-11-6-14-10/h2-7,13H,1H3. The van der Waals surface area contributed by atoms with E-state index in [1.165, 1.54) is 11.3 Å². The van der Waals surface area contributed by atoms with E-state index in [4.69, 9.17) is 0 Å². The van der Waals surface area contributed by atoms with Gasteiger partial charge in [-0.15, -0.1) is 10.2 Å². The third kappa shape index (κ3) is 2.77. The fraction of sp³-hybridized carbons (Fsp3) is 0.200. The number of aliphatic hydroxyl groups is 1. The lowest BCUT2D eigenvalue weighted by Gasteiger charge is -2.04. The minimum absolute atomic E-state index is 0.412. The first kappa shape index (κ1) is 10.6. The van der Waals surface area contributed by atoms with Crippen LogP contribution in [0.2, 0.25) is 0 Å². The summed E-state index contributed by atoms with van der Waals surface area (Å²) in [6, 6.07) is 7.81. The number of nitrogens with zero attached hydrogens (tertiary/aromatic N) is 2. The van der Waals surface area contributed by atoms with Gasteiger partial charge in [-0.05, 0) is 24.6 Å². The van der Waals surface area contributed by atoms with Crippen molar-refractivity contribution in [2.24, 2.45) is 0 Å². The lowest BCUT2D eigenvalue weighted by Crippen LogP contribution is -1.89. The van der Waals surface area contributed by atoms with Crippen LogP contribution >= 0.6 is 23.1 Å². The molecule has 78 valence electrons. The van der Waals surface area contributed by atoms with E-state index in [2.05, 4.69) is 10.2 Å². The molecule has 1 N–H and O–H groups in total. The van der Waals surface area contributed by atoms with Crippen LogP contribution in [-0.2, 0) is 0 Å². The van der Waals surface area contributed by atoms with Crippen LogP contribution in [0, 0.1) is 0 Å². The van der Waals surface area contributed by atoms with E-state index in [1.807, 2.05) is 24.3 Å². The minimum Gasteiger partial charge on any atom is -0.389 e. The topological polar surface area (TPSA) is 46.0 Å². The van der Waals surface area contributed by atoms with Crippen molar-refractivity contribution >= 4 is 23.1 Å². The highest BCUT2D eigenvalue weighted by Gasteiger charge is 2.03. The molecule has 0 amide bonds. The maximum Gasteiger partial charge on any atom is 0.178 e.